The first-order valence-corrected chi connectivity index (χ1v) is 15.6. The lowest BCUT2D eigenvalue weighted by atomic mass is 9.83. The van der Waals surface area contributed by atoms with Crippen LogP contribution in [0.2, 0.25) is 0 Å². The summed E-state index contributed by atoms with van der Waals surface area (Å²) in [6.07, 6.45) is -9.27. The molecule has 3 saturated heterocycles. The van der Waals surface area contributed by atoms with Crippen molar-refractivity contribution in [2.24, 2.45) is 17.2 Å². The third-order valence-electron chi connectivity index (χ3n) is 9.06. The number of carbonyl (C=O) groups is 1. The Morgan fingerprint density at radius 2 is 1.71 bits per heavy atom. The van der Waals surface area contributed by atoms with Crippen molar-refractivity contribution in [2.75, 3.05) is 39.3 Å². The Kier molecular flexibility index (Phi) is 12.8. The van der Waals surface area contributed by atoms with Crippen molar-refractivity contribution >= 4 is 5.91 Å². The summed E-state index contributed by atoms with van der Waals surface area (Å²) in [5, 5.41) is 60.5. The molecule has 4 fully saturated rings. The molecule has 45 heavy (non-hydrogen) atoms. The number of hydrogen-bond donors (Lipinski definition) is 11. The van der Waals surface area contributed by atoms with Gasteiger partial charge >= 0.3 is 0 Å². The van der Waals surface area contributed by atoms with E-state index in [0.29, 0.717) is 38.8 Å². The maximum absolute atomic E-state index is 13.9. The number of aliphatic hydroxyl groups excluding tert-OH is 4. The summed E-state index contributed by atoms with van der Waals surface area (Å²) in [5.41, 5.74) is 16.9. The number of aliphatic hydroxyl groups is 5. The lowest BCUT2D eigenvalue weighted by Gasteiger charge is -2.47. The van der Waals surface area contributed by atoms with Crippen LogP contribution in [0.1, 0.15) is 38.5 Å². The van der Waals surface area contributed by atoms with Crippen LogP contribution in [0.3, 0.4) is 0 Å². The predicted octanol–water partition coefficient (Wildman–Crippen LogP) is -4.71. The van der Waals surface area contributed by atoms with Crippen LogP contribution < -0.4 is 33.2 Å². The molecule has 18 heteroatoms. The van der Waals surface area contributed by atoms with Gasteiger partial charge in [-0.15, -0.1) is 0 Å². The van der Waals surface area contributed by atoms with Gasteiger partial charge in [-0.3, -0.25) is 4.79 Å². The number of nitrogens with one attached hydrogen (secondary N) is 3. The van der Waals surface area contributed by atoms with E-state index < -0.39 is 97.9 Å². The standard InChI is InChI=1S/C27H50F2N6O10/c28-27(29,11-30)22(39)23(40)35-17-8-16(32)20(21(19(17)38)45-25-18(37)7-14(10-36)43-25)44-24-15(31)2-1-13(42-24)9-34-12-26(41)3-5-33-6-4-26/h13-22,24-25,33-34,36-39,41H,1-12,30-32H2,(H,35,40). The summed E-state index contributed by atoms with van der Waals surface area (Å²) in [5.74, 6) is -5.39. The van der Waals surface area contributed by atoms with Crippen molar-refractivity contribution in [1.29, 1.82) is 0 Å². The van der Waals surface area contributed by atoms with Crippen molar-refractivity contribution in [3.63, 3.8) is 0 Å². The van der Waals surface area contributed by atoms with E-state index in [-0.39, 0.29) is 18.9 Å². The largest absolute Gasteiger partial charge is 0.394 e. The van der Waals surface area contributed by atoms with Gasteiger partial charge in [0, 0.05) is 25.6 Å². The minimum Gasteiger partial charge on any atom is -0.394 e. The Labute approximate surface area is 260 Å². The molecular formula is C27H50F2N6O10. The van der Waals surface area contributed by atoms with Crippen molar-refractivity contribution in [3.8, 4) is 0 Å². The van der Waals surface area contributed by atoms with Gasteiger partial charge in [-0.05, 0) is 45.2 Å². The van der Waals surface area contributed by atoms with E-state index in [1.165, 1.54) is 0 Å². The SMILES string of the molecule is NCC(F)(F)C(O)C(=O)NC1CC(N)C(OC2OC(CNCC3(O)CCNCC3)CCC2N)C(OC2OC(CO)CC2O)C1O. The summed E-state index contributed by atoms with van der Waals surface area (Å²) >= 11 is 0. The molecule has 14 N–H and O–H groups in total. The summed E-state index contributed by atoms with van der Waals surface area (Å²) in [4.78, 5) is 12.5. The molecule has 4 aliphatic rings. The highest BCUT2D eigenvalue weighted by atomic mass is 19.3. The highest BCUT2D eigenvalue weighted by Gasteiger charge is 2.51. The number of halogens is 2. The molecule has 0 aromatic heterocycles. The number of hydrogen-bond acceptors (Lipinski definition) is 15. The molecule has 1 amide bonds. The fourth-order valence-corrected chi connectivity index (χ4v) is 6.24. The van der Waals surface area contributed by atoms with E-state index in [9.17, 15) is 39.1 Å². The number of rotatable bonds is 13. The Balaban J connectivity index is 1.44. The summed E-state index contributed by atoms with van der Waals surface area (Å²) in [6.45, 7) is 0.581. The molecule has 0 aromatic rings. The molecule has 0 aromatic carbocycles. The first kappa shape index (κ1) is 36.6. The van der Waals surface area contributed by atoms with E-state index in [0.717, 1.165) is 13.1 Å². The van der Waals surface area contributed by atoms with E-state index in [4.69, 9.17) is 36.1 Å². The first-order chi connectivity index (χ1) is 21.3. The molecule has 262 valence electrons. The van der Waals surface area contributed by atoms with Gasteiger partial charge in [0.15, 0.2) is 18.7 Å². The quantitative estimate of drug-likeness (QED) is 0.0889. The number of nitrogens with two attached hydrogens (primary N) is 3. The maximum Gasteiger partial charge on any atom is 0.294 e. The summed E-state index contributed by atoms with van der Waals surface area (Å²) < 4.78 is 51.6. The lowest BCUT2D eigenvalue weighted by Crippen LogP contribution is -2.67. The van der Waals surface area contributed by atoms with Crippen molar-refractivity contribution in [1.82, 2.24) is 16.0 Å². The van der Waals surface area contributed by atoms with Crippen LogP contribution in [-0.4, -0.2) is 156 Å². The molecular weight excluding hydrogens is 606 g/mol. The summed E-state index contributed by atoms with van der Waals surface area (Å²) in [6, 6.07) is -2.84. The Bertz CT molecular complexity index is 956. The Hall–Kier alpha value is -1.23. The fraction of sp³-hybridized carbons (Fsp3) is 0.963. The average molecular weight is 657 g/mol. The molecule has 1 aliphatic carbocycles. The van der Waals surface area contributed by atoms with E-state index >= 15 is 0 Å². The smallest absolute Gasteiger partial charge is 0.294 e. The van der Waals surface area contributed by atoms with E-state index in [1.807, 2.05) is 0 Å². The first-order valence-electron chi connectivity index (χ1n) is 15.6. The van der Waals surface area contributed by atoms with Gasteiger partial charge in [0.2, 0.25) is 0 Å². The second-order valence-electron chi connectivity index (χ2n) is 12.7. The number of ether oxygens (including phenoxy) is 4. The Morgan fingerprint density at radius 1 is 1.04 bits per heavy atom. The van der Waals surface area contributed by atoms with Gasteiger partial charge in [0.05, 0.1) is 43.0 Å². The van der Waals surface area contributed by atoms with Gasteiger partial charge < -0.3 is 77.6 Å². The number of piperidine rings is 1. The minimum atomic E-state index is -3.92. The minimum absolute atomic E-state index is 0.0407. The van der Waals surface area contributed by atoms with Gasteiger partial charge in [0.25, 0.3) is 11.8 Å². The third-order valence-corrected chi connectivity index (χ3v) is 9.06. The van der Waals surface area contributed by atoms with E-state index in [1.54, 1.807) is 0 Å². The zero-order valence-electron chi connectivity index (χ0n) is 25.2. The lowest BCUT2D eigenvalue weighted by molar-refractivity contribution is -0.288. The molecule has 16 nitrogen and oxygen atoms in total. The maximum atomic E-state index is 13.9. The van der Waals surface area contributed by atoms with E-state index in [2.05, 4.69) is 16.0 Å². The van der Waals surface area contributed by atoms with Gasteiger partial charge in [-0.2, -0.15) is 0 Å². The van der Waals surface area contributed by atoms with Crippen LogP contribution in [0.25, 0.3) is 0 Å². The van der Waals surface area contributed by atoms with Crippen molar-refractivity contribution in [3.05, 3.63) is 0 Å². The normalized spacial score (nSPS) is 39.8. The molecule has 12 atom stereocenters. The van der Waals surface area contributed by atoms with Crippen LogP contribution in [0, 0.1) is 0 Å². The van der Waals surface area contributed by atoms with Crippen LogP contribution in [0.4, 0.5) is 8.78 Å². The van der Waals surface area contributed by atoms with Crippen LogP contribution in [0.5, 0.6) is 0 Å². The third kappa shape index (κ3) is 9.23. The molecule has 12 unspecified atom stereocenters. The van der Waals surface area contributed by atoms with Gasteiger partial charge in [-0.1, -0.05) is 0 Å². The molecule has 0 spiro atoms. The monoisotopic (exact) mass is 656 g/mol. The molecule has 1 saturated carbocycles. The Morgan fingerprint density at radius 3 is 2.36 bits per heavy atom. The second-order valence-corrected chi connectivity index (χ2v) is 12.7. The van der Waals surface area contributed by atoms with Crippen LogP contribution in [0.15, 0.2) is 0 Å². The summed E-state index contributed by atoms with van der Waals surface area (Å²) in [7, 11) is 0. The van der Waals surface area contributed by atoms with Gasteiger partial charge in [-0.25, -0.2) is 8.78 Å². The predicted molar refractivity (Wildman–Crippen MR) is 152 cm³/mol. The van der Waals surface area contributed by atoms with Crippen LogP contribution in [-0.2, 0) is 23.7 Å². The number of alkyl halides is 2. The average Bonchev–Trinajstić information content (AvgIpc) is 3.37. The molecule has 3 heterocycles. The zero-order chi connectivity index (χ0) is 32.9. The fourth-order valence-electron chi connectivity index (χ4n) is 6.24. The van der Waals surface area contributed by atoms with Crippen molar-refractivity contribution < 1.29 is 58.1 Å². The number of amides is 1. The topological polar surface area (TPSA) is 269 Å². The highest BCUT2D eigenvalue weighted by molar-refractivity contribution is 5.82. The zero-order valence-corrected chi connectivity index (χ0v) is 25.2. The molecule has 0 radical (unpaired) electrons. The molecule has 3 aliphatic heterocycles. The second kappa shape index (κ2) is 15.8. The van der Waals surface area contributed by atoms with Crippen LogP contribution >= 0.6 is 0 Å². The van der Waals surface area contributed by atoms with Gasteiger partial charge in [0.1, 0.15) is 24.4 Å². The van der Waals surface area contributed by atoms with Crippen molar-refractivity contribution in [2.45, 2.75) is 123 Å². The number of carbonyl (C=O) groups excluding carboxylic acids is 1. The highest BCUT2D eigenvalue weighted by Crippen LogP contribution is 2.32. The molecule has 0 bridgehead atoms. The molecule has 4 rings (SSSR count).